The lowest BCUT2D eigenvalue weighted by Crippen LogP contribution is -1.85. The Bertz CT molecular complexity index is 448. The van der Waals surface area contributed by atoms with Crippen molar-refractivity contribution in [2.75, 3.05) is 5.73 Å². The molecule has 2 N–H and O–H groups in total. The van der Waals surface area contributed by atoms with Gasteiger partial charge in [-0.1, -0.05) is 41.2 Å². The van der Waals surface area contributed by atoms with E-state index in [9.17, 15) is 0 Å². The number of hydrogen-bond acceptors (Lipinski definition) is 3. The highest BCUT2D eigenvalue weighted by molar-refractivity contribution is 9.11. The predicted octanol–water partition coefficient (Wildman–Crippen LogP) is 3.46. The van der Waals surface area contributed by atoms with E-state index in [1.54, 1.807) is 0 Å². The standard InChI is InChI=1S/C10H9BrN2S/c1-6-2-4-7(5-3-6)8-9(12)14-10(11)13-8/h2-5H,12H2,1H3. The molecule has 0 amide bonds. The summed E-state index contributed by atoms with van der Waals surface area (Å²) in [6.07, 6.45) is 0. The summed E-state index contributed by atoms with van der Waals surface area (Å²) in [4.78, 5) is 4.32. The molecule has 0 unspecified atom stereocenters. The van der Waals surface area contributed by atoms with Crippen molar-refractivity contribution in [2.45, 2.75) is 6.92 Å². The van der Waals surface area contributed by atoms with Gasteiger partial charge in [0.2, 0.25) is 0 Å². The molecule has 72 valence electrons. The van der Waals surface area contributed by atoms with Gasteiger partial charge >= 0.3 is 0 Å². The second-order valence-corrected chi connectivity index (χ2v) is 5.35. The number of anilines is 1. The maximum Gasteiger partial charge on any atom is 0.161 e. The van der Waals surface area contributed by atoms with Gasteiger partial charge in [0.15, 0.2) is 3.92 Å². The van der Waals surface area contributed by atoms with Crippen LogP contribution in [0, 0.1) is 6.92 Å². The Morgan fingerprint density at radius 2 is 1.93 bits per heavy atom. The van der Waals surface area contributed by atoms with Gasteiger partial charge in [0.1, 0.15) is 10.7 Å². The fraction of sp³-hybridized carbons (Fsp3) is 0.100. The molecule has 4 heteroatoms. The van der Waals surface area contributed by atoms with Crippen molar-refractivity contribution in [1.29, 1.82) is 0 Å². The van der Waals surface area contributed by atoms with Crippen molar-refractivity contribution >= 4 is 32.3 Å². The summed E-state index contributed by atoms with van der Waals surface area (Å²) >= 11 is 4.77. The number of thiazole rings is 1. The first kappa shape index (κ1) is 9.68. The van der Waals surface area contributed by atoms with Crippen LogP contribution in [0.25, 0.3) is 11.3 Å². The highest BCUT2D eigenvalue weighted by Crippen LogP contribution is 2.32. The molecular weight excluding hydrogens is 260 g/mol. The van der Waals surface area contributed by atoms with Crippen LogP contribution in [0.1, 0.15) is 5.56 Å². The van der Waals surface area contributed by atoms with E-state index < -0.39 is 0 Å². The molecule has 0 spiro atoms. The molecule has 2 rings (SSSR count). The van der Waals surface area contributed by atoms with Gasteiger partial charge in [-0.05, 0) is 22.9 Å². The Labute approximate surface area is 94.9 Å². The second-order valence-electron chi connectivity index (χ2n) is 3.05. The van der Waals surface area contributed by atoms with Crippen LogP contribution in [-0.4, -0.2) is 4.98 Å². The lowest BCUT2D eigenvalue weighted by Gasteiger charge is -1.98. The Morgan fingerprint density at radius 3 is 2.43 bits per heavy atom. The molecule has 0 aliphatic rings. The average Bonchev–Trinajstić information content (AvgIpc) is 2.47. The zero-order valence-corrected chi connectivity index (χ0v) is 10.0. The first-order chi connectivity index (χ1) is 6.66. The zero-order chi connectivity index (χ0) is 10.1. The molecular formula is C10H9BrN2S. The second kappa shape index (κ2) is 3.71. The molecule has 2 nitrogen and oxygen atoms in total. The molecule has 1 aromatic carbocycles. The molecule has 1 aromatic heterocycles. The van der Waals surface area contributed by atoms with Crippen molar-refractivity contribution < 1.29 is 0 Å². The predicted molar refractivity (Wildman–Crippen MR) is 64.4 cm³/mol. The highest BCUT2D eigenvalue weighted by atomic mass is 79.9. The van der Waals surface area contributed by atoms with Gasteiger partial charge in [-0.15, -0.1) is 0 Å². The van der Waals surface area contributed by atoms with Crippen molar-refractivity contribution in [2.24, 2.45) is 0 Å². The van der Waals surface area contributed by atoms with Crippen molar-refractivity contribution in [1.82, 2.24) is 4.98 Å². The van der Waals surface area contributed by atoms with E-state index in [-0.39, 0.29) is 0 Å². The molecule has 0 radical (unpaired) electrons. The minimum absolute atomic E-state index is 0.751. The van der Waals surface area contributed by atoms with Gasteiger partial charge < -0.3 is 5.73 Å². The fourth-order valence-electron chi connectivity index (χ4n) is 1.22. The number of nitrogens with two attached hydrogens (primary N) is 1. The molecule has 0 aliphatic carbocycles. The van der Waals surface area contributed by atoms with Crippen LogP contribution in [0.2, 0.25) is 0 Å². The largest absolute Gasteiger partial charge is 0.389 e. The van der Waals surface area contributed by atoms with Crippen LogP contribution in [0.15, 0.2) is 28.2 Å². The van der Waals surface area contributed by atoms with Crippen LogP contribution in [-0.2, 0) is 0 Å². The summed E-state index contributed by atoms with van der Waals surface area (Å²) in [6.45, 7) is 2.06. The van der Waals surface area contributed by atoms with Crippen LogP contribution in [0.5, 0.6) is 0 Å². The number of hydrogen-bond donors (Lipinski definition) is 1. The molecule has 2 aromatic rings. The van der Waals surface area contributed by atoms with Gasteiger partial charge in [-0.25, -0.2) is 4.98 Å². The summed E-state index contributed by atoms with van der Waals surface area (Å²) < 4.78 is 0.825. The molecule has 0 saturated carbocycles. The molecule has 0 fully saturated rings. The number of nitrogen functional groups attached to an aromatic ring is 1. The first-order valence-corrected chi connectivity index (χ1v) is 5.76. The van der Waals surface area contributed by atoms with E-state index >= 15 is 0 Å². The van der Waals surface area contributed by atoms with E-state index in [4.69, 9.17) is 5.73 Å². The van der Waals surface area contributed by atoms with Crippen LogP contribution in [0.4, 0.5) is 5.00 Å². The maximum atomic E-state index is 5.84. The summed E-state index contributed by atoms with van der Waals surface area (Å²) in [5.41, 5.74) is 9.00. The van der Waals surface area contributed by atoms with Gasteiger partial charge in [-0.3, -0.25) is 0 Å². The van der Waals surface area contributed by atoms with Gasteiger partial charge in [0.25, 0.3) is 0 Å². The smallest absolute Gasteiger partial charge is 0.161 e. The lowest BCUT2D eigenvalue weighted by molar-refractivity contribution is 1.36. The maximum absolute atomic E-state index is 5.84. The van der Waals surface area contributed by atoms with Crippen molar-refractivity contribution in [3.05, 3.63) is 33.7 Å². The Kier molecular flexibility index (Phi) is 2.56. The van der Waals surface area contributed by atoms with Gasteiger partial charge in [0, 0.05) is 5.56 Å². The number of nitrogens with zero attached hydrogens (tertiary/aromatic N) is 1. The summed E-state index contributed by atoms with van der Waals surface area (Å²) in [5, 5.41) is 0.751. The SMILES string of the molecule is Cc1ccc(-c2nc(Br)sc2N)cc1. The van der Waals surface area contributed by atoms with Crippen LogP contribution < -0.4 is 5.73 Å². The minimum Gasteiger partial charge on any atom is -0.389 e. The minimum atomic E-state index is 0.751. The summed E-state index contributed by atoms with van der Waals surface area (Å²) in [6, 6.07) is 8.18. The summed E-state index contributed by atoms with van der Waals surface area (Å²) in [5.74, 6) is 0. The molecule has 0 bridgehead atoms. The Balaban J connectivity index is 2.49. The van der Waals surface area contributed by atoms with E-state index in [0.717, 1.165) is 20.2 Å². The number of halogens is 1. The number of rotatable bonds is 1. The van der Waals surface area contributed by atoms with Gasteiger partial charge in [-0.2, -0.15) is 0 Å². The van der Waals surface area contributed by atoms with E-state index in [1.165, 1.54) is 16.9 Å². The molecule has 0 saturated heterocycles. The molecule has 1 heterocycles. The third kappa shape index (κ3) is 1.81. The van der Waals surface area contributed by atoms with E-state index in [1.807, 2.05) is 12.1 Å². The average molecular weight is 269 g/mol. The lowest BCUT2D eigenvalue weighted by atomic mass is 10.1. The third-order valence-corrected chi connectivity index (χ3v) is 3.29. The fourth-order valence-corrected chi connectivity index (χ4v) is 2.50. The monoisotopic (exact) mass is 268 g/mol. The topological polar surface area (TPSA) is 38.9 Å². The number of aryl methyl sites for hydroxylation is 1. The number of benzene rings is 1. The van der Waals surface area contributed by atoms with Crippen molar-refractivity contribution in [3.63, 3.8) is 0 Å². The Hall–Kier alpha value is -0.870. The normalized spacial score (nSPS) is 10.4. The summed E-state index contributed by atoms with van der Waals surface area (Å²) in [7, 11) is 0. The Morgan fingerprint density at radius 1 is 1.29 bits per heavy atom. The highest BCUT2D eigenvalue weighted by Gasteiger charge is 2.08. The third-order valence-electron chi connectivity index (χ3n) is 1.95. The molecule has 0 aliphatic heterocycles. The molecule has 14 heavy (non-hydrogen) atoms. The van der Waals surface area contributed by atoms with E-state index in [2.05, 4.69) is 40.0 Å². The first-order valence-electron chi connectivity index (χ1n) is 4.15. The van der Waals surface area contributed by atoms with Crippen LogP contribution in [0.3, 0.4) is 0 Å². The van der Waals surface area contributed by atoms with Crippen LogP contribution >= 0.6 is 27.3 Å². The zero-order valence-electron chi connectivity index (χ0n) is 7.62. The quantitative estimate of drug-likeness (QED) is 0.861. The number of aromatic nitrogens is 1. The van der Waals surface area contributed by atoms with E-state index in [0.29, 0.717) is 0 Å². The molecule has 0 atom stereocenters. The van der Waals surface area contributed by atoms with Gasteiger partial charge in [0.05, 0.1) is 0 Å². The van der Waals surface area contributed by atoms with Crippen molar-refractivity contribution in [3.8, 4) is 11.3 Å².